The van der Waals surface area contributed by atoms with Gasteiger partial charge in [-0.2, -0.15) is 0 Å². The van der Waals surface area contributed by atoms with E-state index in [2.05, 4.69) is 34.4 Å². The molecule has 5 nitrogen and oxygen atoms in total. The molecule has 2 rings (SSSR count). The van der Waals surface area contributed by atoms with Crippen molar-refractivity contribution in [2.75, 3.05) is 17.2 Å². The summed E-state index contributed by atoms with van der Waals surface area (Å²) >= 11 is 0. The van der Waals surface area contributed by atoms with Crippen LogP contribution < -0.4 is 10.6 Å². The number of anilines is 2. The molecule has 3 N–H and O–H groups in total. The molecule has 1 fully saturated rings. The van der Waals surface area contributed by atoms with Crippen molar-refractivity contribution < 1.29 is 5.11 Å². The first-order valence-electron chi connectivity index (χ1n) is 7.16. The van der Waals surface area contributed by atoms with Crippen LogP contribution >= 0.6 is 0 Å². The van der Waals surface area contributed by atoms with E-state index in [-0.39, 0.29) is 12.1 Å². The van der Waals surface area contributed by atoms with Gasteiger partial charge < -0.3 is 15.7 Å². The van der Waals surface area contributed by atoms with Gasteiger partial charge in [-0.1, -0.05) is 0 Å². The molecular formula is C14H24N4O. The standard InChI is InChI=1S/C14H24N4O/c1-4-15-12-8-13(16-9(2)7-10(3)19)18-14(17-12)11-5-6-11/h8-11,19H,4-7H2,1-3H3,(H2,15,16,17,18). The van der Waals surface area contributed by atoms with Gasteiger partial charge in [-0.3, -0.25) is 0 Å². The summed E-state index contributed by atoms with van der Waals surface area (Å²) in [6.45, 7) is 6.77. The Morgan fingerprint density at radius 2 is 2.00 bits per heavy atom. The Bertz CT molecular complexity index is 418. The largest absolute Gasteiger partial charge is 0.393 e. The second kappa shape index (κ2) is 6.19. The maximum atomic E-state index is 9.41. The molecule has 0 aliphatic heterocycles. The van der Waals surface area contributed by atoms with Crippen molar-refractivity contribution in [1.82, 2.24) is 9.97 Å². The van der Waals surface area contributed by atoms with E-state index in [1.165, 1.54) is 12.8 Å². The lowest BCUT2D eigenvalue weighted by Crippen LogP contribution is -2.21. The van der Waals surface area contributed by atoms with Crippen LogP contribution in [0.4, 0.5) is 11.6 Å². The lowest BCUT2D eigenvalue weighted by molar-refractivity contribution is 0.179. The SMILES string of the molecule is CCNc1cc(NC(C)CC(C)O)nc(C2CC2)n1. The molecule has 1 aliphatic rings. The Labute approximate surface area is 114 Å². The van der Waals surface area contributed by atoms with E-state index in [0.29, 0.717) is 12.3 Å². The smallest absolute Gasteiger partial charge is 0.136 e. The van der Waals surface area contributed by atoms with Gasteiger partial charge in [0.25, 0.3) is 0 Å². The van der Waals surface area contributed by atoms with Gasteiger partial charge in [0.2, 0.25) is 0 Å². The monoisotopic (exact) mass is 264 g/mol. The van der Waals surface area contributed by atoms with Gasteiger partial charge >= 0.3 is 0 Å². The van der Waals surface area contributed by atoms with E-state index < -0.39 is 0 Å². The topological polar surface area (TPSA) is 70.1 Å². The van der Waals surface area contributed by atoms with Crippen molar-refractivity contribution in [3.63, 3.8) is 0 Å². The quantitative estimate of drug-likeness (QED) is 0.705. The summed E-state index contributed by atoms with van der Waals surface area (Å²) in [5.74, 6) is 3.20. The van der Waals surface area contributed by atoms with E-state index in [9.17, 15) is 5.11 Å². The highest BCUT2D eigenvalue weighted by atomic mass is 16.3. The maximum absolute atomic E-state index is 9.41. The molecule has 106 valence electrons. The minimum atomic E-state index is -0.305. The average Bonchev–Trinajstić information content (AvgIpc) is 3.11. The third-order valence-electron chi connectivity index (χ3n) is 3.13. The highest BCUT2D eigenvalue weighted by molar-refractivity contribution is 5.48. The van der Waals surface area contributed by atoms with Crippen molar-refractivity contribution >= 4 is 11.6 Å². The zero-order valence-electron chi connectivity index (χ0n) is 12.0. The normalized spacial score (nSPS) is 17.9. The maximum Gasteiger partial charge on any atom is 0.136 e. The number of nitrogens with one attached hydrogen (secondary N) is 2. The van der Waals surface area contributed by atoms with Gasteiger partial charge in [0.05, 0.1) is 6.10 Å². The number of aromatic nitrogens is 2. The summed E-state index contributed by atoms with van der Waals surface area (Å²) in [5, 5.41) is 16.0. The van der Waals surface area contributed by atoms with Crippen molar-refractivity contribution in [1.29, 1.82) is 0 Å². The molecule has 1 saturated carbocycles. The molecule has 0 saturated heterocycles. The lowest BCUT2D eigenvalue weighted by atomic mass is 10.1. The molecule has 1 aromatic rings. The molecular weight excluding hydrogens is 240 g/mol. The van der Waals surface area contributed by atoms with Crippen LogP contribution in [0, 0.1) is 0 Å². The molecule has 2 unspecified atom stereocenters. The highest BCUT2D eigenvalue weighted by Crippen LogP contribution is 2.38. The van der Waals surface area contributed by atoms with Crippen molar-refractivity contribution in [2.45, 2.75) is 58.1 Å². The Morgan fingerprint density at radius 3 is 2.58 bits per heavy atom. The van der Waals surface area contributed by atoms with E-state index in [1.807, 2.05) is 6.07 Å². The second-order valence-corrected chi connectivity index (χ2v) is 5.43. The fourth-order valence-electron chi connectivity index (χ4n) is 2.16. The Hall–Kier alpha value is -1.36. The zero-order valence-corrected chi connectivity index (χ0v) is 12.0. The van der Waals surface area contributed by atoms with Gasteiger partial charge in [-0.15, -0.1) is 0 Å². The fourth-order valence-corrected chi connectivity index (χ4v) is 2.16. The van der Waals surface area contributed by atoms with Gasteiger partial charge in [-0.25, -0.2) is 9.97 Å². The van der Waals surface area contributed by atoms with Crippen LogP contribution in [0.25, 0.3) is 0 Å². The first-order chi connectivity index (χ1) is 9.08. The van der Waals surface area contributed by atoms with E-state index >= 15 is 0 Å². The first-order valence-corrected chi connectivity index (χ1v) is 7.16. The van der Waals surface area contributed by atoms with Gasteiger partial charge in [0, 0.05) is 24.6 Å². The van der Waals surface area contributed by atoms with Crippen LogP contribution in [0.3, 0.4) is 0 Å². The first kappa shape index (κ1) is 14.1. The molecule has 0 radical (unpaired) electrons. The molecule has 2 atom stereocenters. The minimum absolute atomic E-state index is 0.191. The summed E-state index contributed by atoms with van der Waals surface area (Å²) in [4.78, 5) is 9.12. The molecule has 5 heteroatoms. The third-order valence-corrected chi connectivity index (χ3v) is 3.13. The summed E-state index contributed by atoms with van der Waals surface area (Å²) in [6.07, 6.45) is 2.79. The summed E-state index contributed by atoms with van der Waals surface area (Å²) in [5.41, 5.74) is 0. The Kier molecular flexibility index (Phi) is 4.58. The van der Waals surface area contributed by atoms with Gasteiger partial charge in [0.15, 0.2) is 0 Å². The average molecular weight is 264 g/mol. The Balaban J connectivity index is 2.09. The van der Waals surface area contributed by atoms with Crippen molar-refractivity contribution in [3.8, 4) is 0 Å². The number of rotatable bonds is 7. The Morgan fingerprint density at radius 1 is 1.32 bits per heavy atom. The zero-order chi connectivity index (χ0) is 13.8. The van der Waals surface area contributed by atoms with Crippen LogP contribution in [0.5, 0.6) is 0 Å². The van der Waals surface area contributed by atoms with Gasteiger partial charge in [0.1, 0.15) is 17.5 Å². The molecule has 1 heterocycles. The molecule has 1 aromatic heterocycles. The minimum Gasteiger partial charge on any atom is -0.393 e. The predicted octanol–water partition coefficient (Wildman–Crippen LogP) is 2.36. The lowest BCUT2D eigenvalue weighted by Gasteiger charge is -2.17. The van der Waals surface area contributed by atoms with Gasteiger partial charge in [-0.05, 0) is 40.0 Å². The van der Waals surface area contributed by atoms with Crippen molar-refractivity contribution in [2.24, 2.45) is 0 Å². The second-order valence-electron chi connectivity index (χ2n) is 5.43. The summed E-state index contributed by atoms with van der Waals surface area (Å²) in [7, 11) is 0. The van der Waals surface area contributed by atoms with Crippen LogP contribution in [-0.4, -0.2) is 33.8 Å². The third kappa shape index (κ3) is 4.35. The number of nitrogens with zero attached hydrogens (tertiary/aromatic N) is 2. The molecule has 0 aromatic carbocycles. The summed E-state index contributed by atoms with van der Waals surface area (Å²) < 4.78 is 0. The number of aliphatic hydroxyl groups is 1. The van der Waals surface area contributed by atoms with Crippen LogP contribution in [0.15, 0.2) is 6.07 Å². The van der Waals surface area contributed by atoms with Crippen LogP contribution in [0.2, 0.25) is 0 Å². The van der Waals surface area contributed by atoms with E-state index in [0.717, 1.165) is 24.0 Å². The fraction of sp³-hybridized carbons (Fsp3) is 0.714. The molecule has 19 heavy (non-hydrogen) atoms. The highest BCUT2D eigenvalue weighted by Gasteiger charge is 2.27. The predicted molar refractivity (Wildman–Crippen MR) is 77.6 cm³/mol. The number of aliphatic hydroxyl groups excluding tert-OH is 1. The molecule has 0 bridgehead atoms. The molecule has 1 aliphatic carbocycles. The van der Waals surface area contributed by atoms with E-state index in [1.54, 1.807) is 6.92 Å². The number of hydrogen-bond acceptors (Lipinski definition) is 5. The summed E-state index contributed by atoms with van der Waals surface area (Å²) in [6, 6.07) is 2.13. The molecule has 0 spiro atoms. The van der Waals surface area contributed by atoms with Crippen LogP contribution in [-0.2, 0) is 0 Å². The molecule has 0 amide bonds. The number of hydrogen-bond donors (Lipinski definition) is 3. The van der Waals surface area contributed by atoms with E-state index in [4.69, 9.17) is 0 Å². The van der Waals surface area contributed by atoms with Crippen LogP contribution in [0.1, 0.15) is 51.8 Å². The van der Waals surface area contributed by atoms with Crippen molar-refractivity contribution in [3.05, 3.63) is 11.9 Å².